The third-order valence-electron chi connectivity index (χ3n) is 5.83. The zero-order valence-corrected chi connectivity index (χ0v) is 19.1. The number of fused-ring (bicyclic) bond motifs is 2. The van der Waals surface area contributed by atoms with Crippen LogP contribution in [0.2, 0.25) is 0 Å². The molecule has 1 aliphatic rings. The van der Waals surface area contributed by atoms with E-state index in [2.05, 4.69) is 10.1 Å². The van der Waals surface area contributed by atoms with Crippen molar-refractivity contribution in [2.45, 2.75) is 6.54 Å². The summed E-state index contributed by atoms with van der Waals surface area (Å²) in [6, 6.07) is 11.3. The van der Waals surface area contributed by atoms with Crippen LogP contribution < -0.4 is 18.9 Å². The first-order valence-electron chi connectivity index (χ1n) is 10.8. The molecule has 2 aromatic carbocycles. The van der Waals surface area contributed by atoms with Crippen molar-refractivity contribution in [1.29, 1.82) is 0 Å². The van der Waals surface area contributed by atoms with Crippen LogP contribution in [0, 0.1) is 0 Å². The van der Waals surface area contributed by atoms with Gasteiger partial charge in [0.2, 0.25) is 0 Å². The van der Waals surface area contributed by atoms with Crippen LogP contribution in [0.1, 0.15) is 15.9 Å². The highest BCUT2D eigenvalue weighted by atomic mass is 16.5. The van der Waals surface area contributed by atoms with E-state index in [1.165, 1.54) is 0 Å². The van der Waals surface area contributed by atoms with Gasteiger partial charge in [-0.1, -0.05) is 6.07 Å². The molecule has 5 rings (SSSR count). The van der Waals surface area contributed by atoms with E-state index in [1.54, 1.807) is 55.4 Å². The highest BCUT2D eigenvalue weighted by Gasteiger charge is 2.27. The topological polar surface area (TPSA) is 87.4 Å². The Morgan fingerprint density at radius 2 is 1.79 bits per heavy atom. The molecular weight excluding hydrogens is 436 g/mol. The van der Waals surface area contributed by atoms with Crippen LogP contribution in [0.4, 0.5) is 0 Å². The molecule has 0 unspecified atom stereocenters. The van der Waals surface area contributed by atoms with Crippen molar-refractivity contribution >= 4 is 11.6 Å². The molecule has 4 aromatic rings. The fourth-order valence-electron chi connectivity index (χ4n) is 4.24. The first kappa shape index (κ1) is 21.6. The molecule has 174 valence electrons. The van der Waals surface area contributed by atoms with Gasteiger partial charge in [-0.2, -0.15) is 5.10 Å². The lowest BCUT2D eigenvalue weighted by Crippen LogP contribution is -2.32. The summed E-state index contributed by atoms with van der Waals surface area (Å²) >= 11 is 0. The molecule has 0 saturated carbocycles. The Morgan fingerprint density at radius 1 is 1.03 bits per heavy atom. The lowest BCUT2D eigenvalue weighted by atomic mass is 9.99. The lowest BCUT2D eigenvalue weighted by Gasteiger charge is -2.20. The van der Waals surface area contributed by atoms with E-state index < -0.39 is 0 Å². The van der Waals surface area contributed by atoms with Gasteiger partial charge < -0.3 is 23.8 Å². The second-order valence-electron chi connectivity index (χ2n) is 7.73. The number of hydrogen-bond donors (Lipinski definition) is 0. The van der Waals surface area contributed by atoms with Crippen LogP contribution in [-0.2, 0) is 6.54 Å². The third-order valence-corrected chi connectivity index (χ3v) is 5.83. The molecule has 0 bridgehead atoms. The number of benzene rings is 2. The predicted molar refractivity (Wildman–Crippen MR) is 125 cm³/mol. The summed E-state index contributed by atoms with van der Waals surface area (Å²) in [7, 11) is 4.83. The van der Waals surface area contributed by atoms with Crippen molar-refractivity contribution in [3.05, 3.63) is 66.1 Å². The number of aromatic nitrogens is 3. The fourth-order valence-corrected chi connectivity index (χ4v) is 4.24. The summed E-state index contributed by atoms with van der Waals surface area (Å²) in [5.74, 6) is 2.37. The molecule has 0 fully saturated rings. The van der Waals surface area contributed by atoms with Crippen LogP contribution >= 0.6 is 0 Å². The first-order chi connectivity index (χ1) is 16.6. The minimum absolute atomic E-state index is 0.163. The van der Waals surface area contributed by atoms with E-state index in [9.17, 15) is 4.79 Å². The maximum atomic E-state index is 13.5. The summed E-state index contributed by atoms with van der Waals surface area (Å²) in [6.45, 7) is 1.08. The summed E-state index contributed by atoms with van der Waals surface area (Å²) in [6.07, 6.45) is 4.96. The molecule has 1 amide bonds. The molecule has 1 aliphatic heterocycles. The minimum atomic E-state index is -0.163. The Balaban J connectivity index is 1.57. The summed E-state index contributed by atoms with van der Waals surface area (Å²) < 4.78 is 24.5. The molecule has 34 heavy (non-hydrogen) atoms. The van der Waals surface area contributed by atoms with Gasteiger partial charge >= 0.3 is 0 Å². The quantitative estimate of drug-likeness (QED) is 0.451. The minimum Gasteiger partial charge on any atom is -0.496 e. The third kappa shape index (κ3) is 3.64. The molecule has 0 radical (unpaired) electrons. The molecule has 3 heterocycles. The van der Waals surface area contributed by atoms with Crippen LogP contribution in [-0.4, -0.2) is 59.9 Å². The first-order valence-corrected chi connectivity index (χ1v) is 10.8. The second-order valence-corrected chi connectivity index (χ2v) is 7.73. The van der Waals surface area contributed by atoms with Crippen molar-refractivity contribution in [2.75, 3.05) is 34.5 Å². The number of nitrogens with zero attached hydrogens (tertiary/aromatic N) is 4. The fraction of sp³-hybridized carbons (Fsp3) is 0.240. The van der Waals surface area contributed by atoms with Crippen molar-refractivity contribution < 1.29 is 23.7 Å². The van der Waals surface area contributed by atoms with E-state index in [-0.39, 0.29) is 5.91 Å². The Labute approximate surface area is 196 Å². The lowest BCUT2D eigenvalue weighted by molar-refractivity contribution is 0.0735. The molecule has 2 aromatic heterocycles. The number of methoxy groups -OCH3 is 3. The monoisotopic (exact) mass is 460 g/mol. The zero-order valence-electron chi connectivity index (χ0n) is 19.1. The summed E-state index contributed by atoms with van der Waals surface area (Å²) in [4.78, 5) is 19.5. The van der Waals surface area contributed by atoms with Gasteiger partial charge in [0.25, 0.3) is 5.91 Å². The van der Waals surface area contributed by atoms with Crippen molar-refractivity contribution in [2.24, 2.45) is 0 Å². The molecule has 0 aliphatic carbocycles. The van der Waals surface area contributed by atoms with E-state index in [0.717, 1.165) is 16.7 Å². The van der Waals surface area contributed by atoms with Crippen LogP contribution in [0.25, 0.3) is 16.8 Å². The molecular formula is C25H24N4O5. The average molecular weight is 460 g/mol. The molecule has 0 saturated heterocycles. The number of ether oxygens (including phenoxy) is 4. The SMILES string of the molecule is COc1cc(-c2c(OC)cccc2OC)cc2c1OCCN(C(=O)c1cnn3cccnc13)C2. The maximum Gasteiger partial charge on any atom is 0.259 e. The Hall–Kier alpha value is -4.27. The highest BCUT2D eigenvalue weighted by molar-refractivity contribution is 5.99. The zero-order chi connectivity index (χ0) is 23.7. The predicted octanol–water partition coefficient (Wildman–Crippen LogP) is 3.46. The largest absolute Gasteiger partial charge is 0.496 e. The van der Waals surface area contributed by atoms with Crippen molar-refractivity contribution in [3.8, 4) is 34.1 Å². The van der Waals surface area contributed by atoms with E-state index in [4.69, 9.17) is 18.9 Å². The van der Waals surface area contributed by atoms with Gasteiger partial charge in [0.1, 0.15) is 23.7 Å². The number of rotatable bonds is 5. The van der Waals surface area contributed by atoms with Crippen molar-refractivity contribution in [1.82, 2.24) is 19.5 Å². The molecule has 9 nitrogen and oxygen atoms in total. The second kappa shape index (κ2) is 8.93. The smallest absolute Gasteiger partial charge is 0.259 e. The number of hydrogen-bond acceptors (Lipinski definition) is 7. The van der Waals surface area contributed by atoms with Gasteiger partial charge in [0, 0.05) is 24.5 Å². The van der Waals surface area contributed by atoms with Gasteiger partial charge in [-0.15, -0.1) is 0 Å². The molecule has 0 spiro atoms. The van der Waals surface area contributed by atoms with E-state index in [0.29, 0.717) is 53.9 Å². The average Bonchev–Trinajstić information content (AvgIpc) is 3.19. The van der Waals surface area contributed by atoms with Crippen molar-refractivity contribution in [3.63, 3.8) is 0 Å². The van der Waals surface area contributed by atoms with Crippen LogP contribution in [0.15, 0.2) is 55.0 Å². The maximum absolute atomic E-state index is 13.5. The Kier molecular flexibility index (Phi) is 5.67. The number of carbonyl (C=O) groups excluding carboxylic acids is 1. The van der Waals surface area contributed by atoms with Crippen LogP contribution in [0.5, 0.6) is 23.0 Å². The molecule has 0 N–H and O–H groups in total. The van der Waals surface area contributed by atoms with Crippen LogP contribution in [0.3, 0.4) is 0 Å². The van der Waals surface area contributed by atoms with E-state index >= 15 is 0 Å². The van der Waals surface area contributed by atoms with Gasteiger partial charge in [-0.25, -0.2) is 9.50 Å². The standard InChI is InChI=1S/C25H24N4O5/c1-31-19-6-4-7-20(32-2)22(19)16-12-17-15-28(10-11-34-23(17)21(13-16)33-3)25(30)18-14-27-29-9-5-8-26-24(18)29/h4-9,12-14H,10-11,15H2,1-3H3. The number of amides is 1. The Bertz CT molecular complexity index is 1340. The molecule has 0 atom stereocenters. The van der Waals surface area contributed by atoms with E-state index in [1.807, 2.05) is 30.3 Å². The summed E-state index contributed by atoms with van der Waals surface area (Å²) in [5, 5.41) is 4.25. The van der Waals surface area contributed by atoms with Gasteiger partial charge in [-0.05, 0) is 35.9 Å². The highest BCUT2D eigenvalue weighted by Crippen LogP contribution is 2.44. The number of carbonyl (C=O) groups is 1. The molecule has 9 heteroatoms. The van der Waals surface area contributed by atoms with Gasteiger partial charge in [0.05, 0.1) is 39.6 Å². The van der Waals surface area contributed by atoms with Gasteiger partial charge in [-0.3, -0.25) is 4.79 Å². The normalized spacial score (nSPS) is 13.1. The van der Waals surface area contributed by atoms with Gasteiger partial charge in [0.15, 0.2) is 17.1 Å². The summed E-state index contributed by atoms with van der Waals surface area (Å²) in [5.41, 5.74) is 3.40. The Morgan fingerprint density at radius 3 is 2.53 bits per heavy atom.